The number of hydrogen-bond donors (Lipinski definition) is 1. The number of benzene rings is 3. The van der Waals surface area contributed by atoms with E-state index >= 15 is 0 Å². The molecule has 0 spiro atoms. The van der Waals surface area contributed by atoms with Gasteiger partial charge in [0.05, 0.1) is 0 Å². The van der Waals surface area contributed by atoms with Crippen molar-refractivity contribution in [1.29, 1.82) is 0 Å². The third-order valence-corrected chi connectivity index (χ3v) is 4.96. The number of rotatable bonds is 9. The van der Waals surface area contributed by atoms with Gasteiger partial charge in [0, 0.05) is 19.5 Å². The maximum Gasteiger partial charge on any atom is 0.247 e. The van der Waals surface area contributed by atoms with Gasteiger partial charge in [-0.1, -0.05) is 97.9 Å². The molecule has 0 aromatic heterocycles. The Bertz CT molecular complexity index is 927. The van der Waals surface area contributed by atoms with Gasteiger partial charge >= 0.3 is 0 Å². The Balaban J connectivity index is 1.90. The highest BCUT2D eigenvalue weighted by atomic mass is 16.2. The molecule has 0 aliphatic heterocycles. The van der Waals surface area contributed by atoms with Crippen molar-refractivity contribution in [2.45, 2.75) is 38.9 Å². The summed E-state index contributed by atoms with van der Waals surface area (Å²) in [6, 6.07) is 28.4. The van der Waals surface area contributed by atoms with Crippen LogP contribution >= 0.6 is 0 Å². The first-order valence-electron chi connectivity index (χ1n) is 10.4. The third-order valence-electron chi connectivity index (χ3n) is 4.96. The zero-order valence-corrected chi connectivity index (χ0v) is 17.3. The van der Waals surface area contributed by atoms with E-state index in [-0.39, 0.29) is 11.8 Å². The van der Waals surface area contributed by atoms with Crippen LogP contribution in [0.1, 0.15) is 42.5 Å². The van der Waals surface area contributed by atoms with Crippen molar-refractivity contribution < 1.29 is 9.59 Å². The van der Waals surface area contributed by atoms with Gasteiger partial charge in [-0.2, -0.15) is 0 Å². The zero-order valence-electron chi connectivity index (χ0n) is 17.3. The van der Waals surface area contributed by atoms with Gasteiger partial charge in [-0.05, 0) is 23.1 Å². The Hall–Kier alpha value is -3.40. The molecule has 0 saturated carbocycles. The first-order chi connectivity index (χ1) is 14.7. The largest absolute Gasteiger partial charge is 0.350 e. The lowest BCUT2D eigenvalue weighted by atomic mass is 10.0. The molecule has 0 saturated heterocycles. The molecule has 1 N–H and O–H groups in total. The Labute approximate surface area is 178 Å². The minimum atomic E-state index is -0.686. The van der Waals surface area contributed by atoms with Gasteiger partial charge in [0.15, 0.2) is 0 Å². The van der Waals surface area contributed by atoms with E-state index in [0.29, 0.717) is 19.5 Å². The Morgan fingerprint density at radius 2 is 1.33 bits per heavy atom. The van der Waals surface area contributed by atoms with Crippen molar-refractivity contribution in [3.63, 3.8) is 0 Å². The quantitative estimate of drug-likeness (QED) is 0.557. The van der Waals surface area contributed by atoms with Crippen molar-refractivity contribution in [1.82, 2.24) is 10.2 Å². The summed E-state index contributed by atoms with van der Waals surface area (Å²) in [7, 11) is 0. The number of amides is 2. The average molecular weight is 401 g/mol. The second kappa shape index (κ2) is 11.0. The fourth-order valence-corrected chi connectivity index (χ4v) is 3.45. The van der Waals surface area contributed by atoms with E-state index in [4.69, 9.17) is 0 Å². The molecule has 0 bridgehead atoms. The average Bonchev–Trinajstić information content (AvgIpc) is 2.79. The molecular weight excluding hydrogens is 372 g/mol. The lowest BCUT2D eigenvalue weighted by molar-refractivity contribution is -0.141. The van der Waals surface area contributed by atoms with E-state index in [2.05, 4.69) is 5.32 Å². The molecule has 3 rings (SSSR count). The highest BCUT2D eigenvalue weighted by molar-refractivity contribution is 5.88. The normalized spacial score (nSPS) is 11.5. The molecule has 154 valence electrons. The molecule has 2 amide bonds. The fourth-order valence-electron chi connectivity index (χ4n) is 3.45. The van der Waals surface area contributed by atoms with Gasteiger partial charge < -0.3 is 10.2 Å². The number of hydrogen-bond acceptors (Lipinski definition) is 2. The van der Waals surface area contributed by atoms with Gasteiger partial charge in [0.1, 0.15) is 6.04 Å². The summed E-state index contributed by atoms with van der Waals surface area (Å²) in [6.07, 6.45) is 1.14. The molecule has 0 radical (unpaired) electrons. The van der Waals surface area contributed by atoms with Crippen molar-refractivity contribution in [2.24, 2.45) is 0 Å². The first-order valence-corrected chi connectivity index (χ1v) is 10.4. The van der Waals surface area contributed by atoms with Crippen molar-refractivity contribution in [3.05, 3.63) is 108 Å². The summed E-state index contributed by atoms with van der Waals surface area (Å²) >= 11 is 0. The second-order valence-corrected chi connectivity index (χ2v) is 7.27. The fraction of sp³-hybridized carbons (Fsp3) is 0.231. The minimum absolute atomic E-state index is 0.0231. The monoisotopic (exact) mass is 400 g/mol. The molecule has 4 heteroatoms. The van der Waals surface area contributed by atoms with Gasteiger partial charge in [0.2, 0.25) is 11.8 Å². The summed E-state index contributed by atoms with van der Waals surface area (Å²) < 4.78 is 0. The van der Waals surface area contributed by atoms with Crippen LogP contribution in [0.4, 0.5) is 0 Å². The van der Waals surface area contributed by atoms with Crippen LogP contribution in [0.5, 0.6) is 0 Å². The minimum Gasteiger partial charge on any atom is -0.350 e. The summed E-state index contributed by atoms with van der Waals surface area (Å²) in [4.78, 5) is 28.1. The molecule has 30 heavy (non-hydrogen) atoms. The number of nitrogens with zero attached hydrogens (tertiary/aromatic N) is 1. The molecule has 0 aliphatic rings. The molecule has 3 aromatic rings. The Morgan fingerprint density at radius 1 is 0.800 bits per heavy atom. The second-order valence-electron chi connectivity index (χ2n) is 7.27. The standard InChI is InChI=1S/C26H28N2O2/c1-2-12-24(29)28(20-22-15-8-4-9-16-22)25(23-17-10-5-11-18-23)26(30)27-19-21-13-6-3-7-14-21/h3-11,13-18,25H,2,12,19-20H2,1H3,(H,27,30). The predicted molar refractivity (Wildman–Crippen MR) is 119 cm³/mol. The van der Waals surface area contributed by atoms with Gasteiger partial charge in [-0.3, -0.25) is 9.59 Å². The van der Waals surface area contributed by atoms with Crippen molar-refractivity contribution >= 4 is 11.8 Å². The molecule has 0 fully saturated rings. The third kappa shape index (κ3) is 5.80. The van der Waals surface area contributed by atoms with Crippen molar-refractivity contribution in [3.8, 4) is 0 Å². The smallest absolute Gasteiger partial charge is 0.247 e. The first kappa shape index (κ1) is 21.3. The summed E-state index contributed by atoms with van der Waals surface area (Å²) in [5, 5.41) is 3.03. The maximum absolute atomic E-state index is 13.4. The highest BCUT2D eigenvalue weighted by Gasteiger charge is 2.30. The van der Waals surface area contributed by atoms with E-state index in [1.165, 1.54) is 0 Å². The molecule has 0 heterocycles. The molecule has 4 nitrogen and oxygen atoms in total. The molecular formula is C26H28N2O2. The summed E-state index contributed by atoms with van der Waals surface area (Å²) in [5.41, 5.74) is 2.83. The lowest BCUT2D eigenvalue weighted by Gasteiger charge is -2.31. The Morgan fingerprint density at radius 3 is 1.90 bits per heavy atom. The van der Waals surface area contributed by atoms with Gasteiger partial charge in [0.25, 0.3) is 0 Å². The molecule has 3 aromatic carbocycles. The van der Waals surface area contributed by atoms with Crippen LogP contribution in [0.15, 0.2) is 91.0 Å². The number of nitrogens with one attached hydrogen (secondary N) is 1. The predicted octanol–water partition coefficient (Wildman–Crippen LogP) is 4.87. The van der Waals surface area contributed by atoms with Crippen LogP contribution in [0, 0.1) is 0 Å². The van der Waals surface area contributed by atoms with E-state index in [1.807, 2.05) is 97.9 Å². The van der Waals surface area contributed by atoms with Crippen molar-refractivity contribution in [2.75, 3.05) is 0 Å². The lowest BCUT2D eigenvalue weighted by Crippen LogP contribution is -2.43. The molecule has 1 atom stereocenters. The summed E-state index contributed by atoms with van der Waals surface area (Å²) in [5.74, 6) is -0.199. The SMILES string of the molecule is CCCC(=O)N(Cc1ccccc1)C(C(=O)NCc1ccccc1)c1ccccc1. The van der Waals surface area contributed by atoms with E-state index in [9.17, 15) is 9.59 Å². The Kier molecular flexibility index (Phi) is 7.78. The van der Waals surface area contributed by atoms with E-state index in [0.717, 1.165) is 23.1 Å². The maximum atomic E-state index is 13.4. The van der Waals surface area contributed by atoms with E-state index in [1.54, 1.807) is 4.90 Å². The highest BCUT2D eigenvalue weighted by Crippen LogP contribution is 2.25. The number of carbonyl (C=O) groups excluding carboxylic acids is 2. The topological polar surface area (TPSA) is 49.4 Å². The van der Waals surface area contributed by atoms with Crippen LogP contribution in [0.2, 0.25) is 0 Å². The van der Waals surface area contributed by atoms with E-state index < -0.39 is 6.04 Å². The van der Waals surface area contributed by atoms with Gasteiger partial charge in [-0.25, -0.2) is 0 Å². The molecule has 0 aliphatic carbocycles. The molecule has 1 unspecified atom stereocenters. The van der Waals surface area contributed by atoms with Crippen LogP contribution in [0.25, 0.3) is 0 Å². The van der Waals surface area contributed by atoms with Crippen LogP contribution in [-0.4, -0.2) is 16.7 Å². The number of carbonyl (C=O) groups is 2. The zero-order chi connectivity index (χ0) is 21.2. The van der Waals surface area contributed by atoms with Crippen LogP contribution < -0.4 is 5.32 Å². The van der Waals surface area contributed by atoms with Crippen LogP contribution in [-0.2, 0) is 22.7 Å². The summed E-state index contributed by atoms with van der Waals surface area (Å²) in [6.45, 7) is 2.79. The van der Waals surface area contributed by atoms with Gasteiger partial charge in [-0.15, -0.1) is 0 Å². The van der Waals surface area contributed by atoms with Crippen LogP contribution in [0.3, 0.4) is 0 Å².